The van der Waals surface area contributed by atoms with Crippen LogP contribution in [0.5, 0.6) is 11.5 Å². The Morgan fingerprint density at radius 3 is 2.41 bits per heavy atom. The summed E-state index contributed by atoms with van der Waals surface area (Å²) in [6.45, 7) is 7.44. The number of hydrogen-bond acceptors (Lipinski definition) is 3. The lowest BCUT2D eigenvalue weighted by Gasteiger charge is -2.24. The highest BCUT2D eigenvalue weighted by molar-refractivity contribution is 9.10. The van der Waals surface area contributed by atoms with Gasteiger partial charge in [0.2, 0.25) is 0 Å². The molecule has 0 amide bonds. The van der Waals surface area contributed by atoms with E-state index in [-0.39, 0.29) is 5.41 Å². The molecule has 0 aliphatic heterocycles. The molecule has 3 nitrogen and oxygen atoms in total. The minimum atomic E-state index is -0.0129. The fourth-order valence-electron chi connectivity index (χ4n) is 1.55. The number of ether oxygens (including phenoxy) is 2. The molecule has 4 heteroatoms. The zero-order chi connectivity index (χ0) is 13.1. The Morgan fingerprint density at radius 1 is 1.29 bits per heavy atom. The van der Waals surface area contributed by atoms with E-state index in [0.29, 0.717) is 13.2 Å². The molecule has 0 saturated carbocycles. The standard InChI is InChI=1S/C13H20BrNO2/c1-13(2,3)10-7-9(16-4)8-11(14)12(10)17-6-5-15/h7-8H,5-6,15H2,1-4H3. The van der Waals surface area contributed by atoms with Crippen molar-refractivity contribution in [2.24, 2.45) is 5.73 Å². The van der Waals surface area contributed by atoms with E-state index in [1.807, 2.05) is 12.1 Å². The minimum Gasteiger partial charge on any atom is -0.497 e. The summed E-state index contributed by atoms with van der Waals surface area (Å²) in [4.78, 5) is 0. The van der Waals surface area contributed by atoms with Gasteiger partial charge in [0.1, 0.15) is 18.1 Å². The SMILES string of the molecule is COc1cc(Br)c(OCCN)c(C(C)(C)C)c1. The molecule has 0 aliphatic carbocycles. The molecule has 0 aromatic heterocycles. The third kappa shape index (κ3) is 3.61. The van der Waals surface area contributed by atoms with E-state index in [2.05, 4.69) is 36.7 Å². The molecule has 96 valence electrons. The second-order valence-electron chi connectivity index (χ2n) is 4.87. The van der Waals surface area contributed by atoms with E-state index < -0.39 is 0 Å². The molecule has 0 radical (unpaired) electrons. The lowest BCUT2D eigenvalue weighted by molar-refractivity contribution is 0.315. The Labute approximate surface area is 111 Å². The molecule has 0 atom stereocenters. The second-order valence-corrected chi connectivity index (χ2v) is 5.73. The highest BCUT2D eigenvalue weighted by Crippen LogP contribution is 2.40. The van der Waals surface area contributed by atoms with Crippen LogP contribution in [0.15, 0.2) is 16.6 Å². The van der Waals surface area contributed by atoms with Crippen LogP contribution in [-0.4, -0.2) is 20.3 Å². The topological polar surface area (TPSA) is 44.5 Å². The van der Waals surface area contributed by atoms with Crippen molar-refractivity contribution in [1.29, 1.82) is 0 Å². The molecule has 1 rings (SSSR count). The van der Waals surface area contributed by atoms with Crippen molar-refractivity contribution >= 4 is 15.9 Å². The van der Waals surface area contributed by atoms with Gasteiger partial charge in [0.15, 0.2) is 0 Å². The highest BCUT2D eigenvalue weighted by Gasteiger charge is 2.22. The summed E-state index contributed by atoms with van der Waals surface area (Å²) in [6.07, 6.45) is 0. The number of hydrogen-bond donors (Lipinski definition) is 1. The van der Waals surface area contributed by atoms with E-state index in [9.17, 15) is 0 Å². The van der Waals surface area contributed by atoms with Crippen LogP contribution in [0.3, 0.4) is 0 Å². The summed E-state index contributed by atoms with van der Waals surface area (Å²) in [6, 6.07) is 3.91. The maximum atomic E-state index is 5.72. The molecular weight excluding hydrogens is 282 g/mol. The predicted molar refractivity (Wildman–Crippen MR) is 73.9 cm³/mol. The van der Waals surface area contributed by atoms with Gasteiger partial charge < -0.3 is 15.2 Å². The summed E-state index contributed by atoms with van der Waals surface area (Å²) in [5, 5.41) is 0. The van der Waals surface area contributed by atoms with Crippen molar-refractivity contribution in [3.63, 3.8) is 0 Å². The van der Waals surface area contributed by atoms with Crippen LogP contribution in [0.4, 0.5) is 0 Å². The van der Waals surface area contributed by atoms with Gasteiger partial charge in [0.25, 0.3) is 0 Å². The largest absolute Gasteiger partial charge is 0.497 e. The van der Waals surface area contributed by atoms with E-state index in [1.54, 1.807) is 7.11 Å². The Morgan fingerprint density at radius 2 is 1.94 bits per heavy atom. The van der Waals surface area contributed by atoms with Gasteiger partial charge in [-0.05, 0) is 33.5 Å². The van der Waals surface area contributed by atoms with Crippen molar-refractivity contribution in [1.82, 2.24) is 0 Å². The Balaban J connectivity index is 3.25. The van der Waals surface area contributed by atoms with Crippen LogP contribution in [-0.2, 0) is 5.41 Å². The van der Waals surface area contributed by atoms with Crippen molar-refractivity contribution in [3.8, 4) is 11.5 Å². The molecule has 0 saturated heterocycles. The summed E-state index contributed by atoms with van der Waals surface area (Å²) in [5.41, 5.74) is 6.57. The highest BCUT2D eigenvalue weighted by atomic mass is 79.9. The van der Waals surface area contributed by atoms with Gasteiger partial charge in [-0.15, -0.1) is 0 Å². The van der Waals surface area contributed by atoms with Gasteiger partial charge in [-0.25, -0.2) is 0 Å². The maximum absolute atomic E-state index is 5.72. The molecule has 0 aliphatic rings. The van der Waals surface area contributed by atoms with Crippen molar-refractivity contribution in [2.45, 2.75) is 26.2 Å². The van der Waals surface area contributed by atoms with Gasteiger partial charge in [-0.3, -0.25) is 0 Å². The van der Waals surface area contributed by atoms with Gasteiger partial charge in [-0.1, -0.05) is 20.8 Å². The minimum absolute atomic E-state index is 0.0129. The quantitative estimate of drug-likeness (QED) is 0.929. The molecular formula is C13H20BrNO2. The fraction of sp³-hybridized carbons (Fsp3) is 0.538. The average Bonchev–Trinajstić information content (AvgIpc) is 2.25. The summed E-state index contributed by atoms with van der Waals surface area (Å²) in [7, 11) is 1.66. The predicted octanol–water partition coefficient (Wildman–Crippen LogP) is 3.09. The van der Waals surface area contributed by atoms with Crippen molar-refractivity contribution < 1.29 is 9.47 Å². The normalized spacial score (nSPS) is 11.4. The van der Waals surface area contributed by atoms with Crippen molar-refractivity contribution in [2.75, 3.05) is 20.3 Å². The van der Waals surface area contributed by atoms with Crippen LogP contribution < -0.4 is 15.2 Å². The summed E-state index contributed by atoms with van der Waals surface area (Å²) < 4.78 is 11.9. The first-order valence-corrected chi connectivity index (χ1v) is 6.40. The van der Waals surface area contributed by atoms with Crippen LogP contribution in [0.25, 0.3) is 0 Å². The maximum Gasteiger partial charge on any atom is 0.137 e. The monoisotopic (exact) mass is 301 g/mol. The molecule has 0 unspecified atom stereocenters. The van der Waals surface area contributed by atoms with Crippen LogP contribution >= 0.6 is 15.9 Å². The smallest absolute Gasteiger partial charge is 0.137 e. The van der Waals surface area contributed by atoms with Crippen LogP contribution in [0.1, 0.15) is 26.3 Å². The molecule has 17 heavy (non-hydrogen) atoms. The fourth-order valence-corrected chi connectivity index (χ4v) is 2.10. The average molecular weight is 302 g/mol. The molecule has 0 spiro atoms. The summed E-state index contributed by atoms with van der Waals surface area (Å²) >= 11 is 3.52. The zero-order valence-electron chi connectivity index (χ0n) is 10.8. The third-order valence-corrected chi connectivity index (χ3v) is 3.01. The van der Waals surface area contributed by atoms with Crippen LogP contribution in [0, 0.1) is 0 Å². The van der Waals surface area contributed by atoms with Gasteiger partial charge in [-0.2, -0.15) is 0 Å². The molecule has 0 heterocycles. The lowest BCUT2D eigenvalue weighted by atomic mass is 9.86. The van der Waals surface area contributed by atoms with E-state index in [4.69, 9.17) is 15.2 Å². The molecule has 1 aromatic carbocycles. The Kier molecular flexibility index (Phi) is 4.83. The number of nitrogens with two attached hydrogens (primary N) is 1. The molecule has 2 N–H and O–H groups in total. The summed E-state index contributed by atoms with van der Waals surface area (Å²) in [5.74, 6) is 1.67. The number of methoxy groups -OCH3 is 1. The Bertz CT molecular complexity index is 386. The van der Waals surface area contributed by atoms with Crippen LogP contribution in [0.2, 0.25) is 0 Å². The molecule has 0 bridgehead atoms. The molecule has 0 fully saturated rings. The molecule has 1 aromatic rings. The van der Waals surface area contributed by atoms with Gasteiger partial charge >= 0.3 is 0 Å². The zero-order valence-corrected chi connectivity index (χ0v) is 12.4. The Hall–Kier alpha value is -0.740. The first-order chi connectivity index (χ1) is 7.90. The number of halogens is 1. The van der Waals surface area contributed by atoms with Crippen molar-refractivity contribution in [3.05, 3.63) is 22.2 Å². The van der Waals surface area contributed by atoms with E-state index >= 15 is 0 Å². The third-order valence-electron chi connectivity index (χ3n) is 2.43. The van der Waals surface area contributed by atoms with Gasteiger partial charge in [0, 0.05) is 12.1 Å². The lowest BCUT2D eigenvalue weighted by Crippen LogP contribution is -2.17. The van der Waals surface area contributed by atoms with Gasteiger partial charge in [0.05, 0.1) is 11.6 Å². The first-order valence-electron chi connectivity index (χ1n) is 5.61. The number of rotatable bonds is 4. The van der Waals surface area contributed by atoms with E-state index in [1.165, 1.54) is 0 Å². The second kappa shape index (κ2) is 5.74. The first kappa shape index (κ1) is 14.3. The van der Waals surface area contributed by atoms with E-state index in [0.717, 1.165) is 21.5 Å². The number of benzene rings is 1.